The minimum atomic E-state index is -0.299. The molecule has 3 nitrogen and oxygen atoms in total. The molecule has 0 spiro atoms. The minimum Gasteiger partial charge on any atom is -0.453 e. The molecule has 0 fully saturated rings. The van der Waals surface area contributed by atoms with Gasteiger partial charge in [-0.15, -0.1) is 0 Å². The van der Waals surface area contributed by atoms with Gasteiger partial charge in [-0.3, -0.25) is 0 Å². The Morgan fingerprint density at radius 2 is 0.981 bits per heavy atom. The predicted molar refractivity (Wildman–Crippen MR) is 224 cm³/mol. The van der Waals surface area contributed by atoms with Crippen LogP contribution in [-0.2, 0) is 5.41 Å². The summed E-state index contributed by atoms with van der Waals surface area (Å²) < 4.78 is 7.01. The summed E-state index contributed by atoms with van der Waals surface area (Å²) in [4.78, 5) is 4.88. The maximum absolute atomic E-state index is 7.01. The molecule has 3 heteroatoms. The Morgan fingerprint density at radius 3 is 1.70 bits per heavy atom. The fraction of sp³-hybridized carbons (Fsp3) is 0.0588. The Hall–Kier alpha value is -6.84. The Labute approximate surface area is 317 Å². The predicted octanol–water partition coefficient (Wildman–Crippen LogP) is 14.4. The molecule has 8 aromatic rings. The summed E-state index contributed by atoms with van der Waals surface area (Å²) in [6.07, 6.45) is 0. The summed E-state index contributed by atoms with van der Waals surface area (Å²) >= 11 is 0. The van der Waals surface area contributed by atoms with Gasteiger partial charge in [-0.2, -0.15) is 0 Å². The molecule has 0 bridgehead atoms. The van der Waals surface area contributed by atoms with E-state index in [1.807, 2.05) is 0 Å². The van der Waals surface area contributed by atoms with Gasteiger partial charge < -0.3 is 14.5 Å². The molecule has 0 saturated heterocycles. The molecule has 0 aliphatic carbocycles. The molecule has 54 heavy (non-hydrogen) atoms. The number of fused-ring (bicyclic) bond motifs is 4. The highest BCUT2D eigenvalue weighted by molar-refractivity contribution is 6.03. The number of hydrogen-bond acceptors (Lipinski definition) is 3. The lowest BCUT2D eigenvalue weighted by atomic mass is 9.70. The highest BCUT2D eigenvalue weighted by atomic mass is 16.5. The van der Waals surface area contributed by atoms with Gasteiger partial charge in [0.05, 0.1) is 22.7 Å². The number of para-hydroxylation sites is 3. The molecule has 2 aliphatic rings. The molecule has 8 aromatic carbocycles. The van der Waals surface area contributed by atoms with E-state index < -0.39 is 0 Å². The van der Waals surface area contributed by atoms with E-state index in [0.717, 1.165) is 56.8 Å². The van der Waals surface area contributed by atoms with Gasteiger partial charge >= 0.3 is 0 Å². The molecule has 0 saturated carbocycles. The molecule has 0 atom stereocenters. The Kier molecular flexibility index (Phi) is 7.48. The van der Waals surface area contributed by atoms with Crippen LogP contribution >= 0.6 is 0 Å². The van der Waals surface area contributed by atoms with Crippen molar-refractivity contribution in [3.8, 4) is 44.9 Å². The molecule has 0 radical (unpaired) electrons. The van der Waals surface area contributed by atoms with Gasteiger partial charge in [0.1, 0.15) is 5.69 Å². The summed E-state index contributed by atoms with van der Waals surface area (Å²) in [5.41, 5.74) is 15.7. The van der Waals surface area contributed by atoms with Crippen LogP contribution in [0.4, 0.5) is 34.1 Å². The highest BCUT2D eigenvalue weighted by Crippen LogP contribution is 2.64. The lowest BCUT2D eigenvalue weighted by Crippen LogP contribution is -2.33. The zero-order valence-electron chi connectivity index (χ0n) is 30.3. The van der Waals surface area contributed by atoms with Crippen LogP contribution in [0.25, 0.3) is 33.4 Å². The normalized spacial score (nSPS) is 13.3. The molecule has 10 rings (SSSR count). The Bertz CT molecular complexity index is 2650. The van der Waals surface area contributed by atoms with E-state index in [1.165, 1.54) is 33.4 Å². The fourth-order valence-corrected chi connectivity index (χ4v) is 8.54. The van der Waals surface area contributed by atoms with Gasteiger partial charge in [0.15, 0.2) is 11.5 Å². The summed E-state index contributed by atoms with van der Waals surface area (Å²) in [7, 11) is 0. The molecule has 0 unspecified atom stereocenters. The van der Waals surface area contributed by atoms with Crippen molar-refractivity contribution in [3.63, 3.8) is 0 Å². The second-order valence-corrected chi connectivity index (χ2v) is 14.5. The first-order chi connectivity index (χ1) is 26.6. The van der Waals surface area contributed by atoms with E-state index in [9.17, 15) is 0 Å². The third kappa shape index (κ3) is 5.04. The molecular weight excluding hydrogens is 657 g/mol. The average Bonchev–Trinajstić information content (AvgIpc) is 3.23. The molecule has 0 aromatic heterocycles. The zero-order chi connectivity index (χ0) is 36.2. The molecule has 2 aliphatic heterocycles. The van der Waals surface area contributed by atoms with Crippen molar-refractivity contribution in [2.24, 2.45) is 0 Å². The highest BCUT2D eigenvalue weighted by Gasteiger charge is 2.44. The second-order valence-electron chi connectivity index (χ2n) is 14.5. The third-order valence-corrected chi connectivity index (χ3v) is 11.0. The first-order valence-electron chi connectivity index (χ1n) is 18.6. The van der Waals surface area contributed by atoms with E-state index >= 15 is 0 Å². The van der Waals surface area contributed by atoms with Gasteiger partial charge in [-0.25, -0.2) is 0 Å². The van der Waals surface area contributed by atoms with Crippen LogP contribution in [0, 0.1) is 0 Å². The standard InChI is InChI=1S/C51H38N2O/c1-51(2)42-24-13-15-26-44(42)53-49-45(27-16-28-46(49)54-47-34-33-41(48(51)50(47)53)38-21-10-5-11-22-38)52(39-31-29-36(30-32-39)35-17-6-3-7-18-35)43-25-14-12-23-40(43)37-19-8-4-9-20-37/h3-34H,1-2H3. The van der Waals surface area contributed by atoms with Gasteiger partial charge in [0.2, 0.25) is 0 Å². The molecule has 0 N–H and O–H groups in total. The Morgan fingerprint density at radius 1 is 0.426 bits per heavy atom. The van der Waals surface area contributed by atoms with Crippen LogP contribution in [0.3, 0.4) is 0 Å². The molecule has 0 amide bonds. The molecule has 2 heterocycles. The summed E-state index contributed by atoms with van der Waals surface area (Å²) in [6, 6.07) is 69.4. The van der Waals surface area contributed by atoms with Crippen molar-refractivity contribution in [1.82, 2.24) is 0 Å². The van der Waals surface area contributed by atoms with Crippen molar-refractivity contribution >= 4 is 34.1 Å². The molecular formula is C51H38N2O. The average molecular weight is 695 g/mol. The largest absolute Gasteiger partial charge is 0.453 e. The van der Waals surface area contributed by atoms with Gasteiger partial charge in [0.25, 0.3) is 0 Å². The summed E-state index contributed by atoms with van der Waals surface area (Å²) in [5.74, 6) is 1.68. The van der Waals surface area contributed by atoms with E-state index in [2.05, 4.69) is 218 Å². The van der Waals surface area contributed by atoms with Crippen LogP contribution in [0.15, 0.2) is 194 Å². The molecule has 258 valence electrons. The van der Waals surface area contributed by atoms with Crippen molar-refractivity contribution < 1.29 is 4.74 Å². The fourth-order valence-electron chi connectivity index (χ4n) is 8.54. The van der Waals surface area contributed by atoms with Crippen LogP contribution in [0.2, 0.25) is 0 Å². The second kappa shape index (κ2) is 12.7. The number of nitrogens with zero attached hydrogens (tertiary/aromatic N) is 2. The monoisotopic (exact) mass is 694 g/mol. The number of rotatable bonds is 6. The quantitative estimate of drug-likeness (QED) is 0.172. The summed E-state index contributed by atoms with van der Waals surface area (Å²) in [5, 5.41) is 0. The third-order valence-electron chi connectivity index (χ3n) is 11.0. The maximum atomic E-state index is 7.01. The number of anilines is 6. The van der Waals surface area contributed by atoms with Crippen molar-refractivity contribution in [2.45, 2.75) is 19.3 Å². The first-order valence-corrected chi connectivity index (χ1v) is 18.6. The van der Waals surface area contributed by atoms with Crippen molar-refractivity contribution in [1.29, 1.82) is 0 Å². The van der Waals surface area contributed by atoms with Crippen LogP contribution < -0.4 is 14.5 Å². The number of hydrogen-bond donors (Lipinski definition) is 0. The smallest absolute Gasteiger partial charge is 0.153 e. The van der Waals surface area contributed by atoms with E-state index in [1.54, 1.807) is 0 Å². The van der Waals surface area contributed by atoms with E-state index in [0.29, 0.717) is 0 Å². The SMILES string of the molecule is CC1(C)c2ccccc2N2c3c(cccc3N(c3ccc(-c4ccccc4)cc3)c3ccccc3-c3ccccc3)Oc3ccc(-c4ccccc4)c1c32. The zero-order valence-corrected chi connectivity index (χ0v) is 30.3. The van der Waals surface area contributed by atoms with E-state index in [4.69, 9.17) is 4.74 Å². The lowest BCUT2D eigenvalue weighted by molar-refractivity contribution is 0.471. The summed E-state index contributed by atoms with van der Waals surface area (Å²) in [6.45, 7) is 4.70. The lowest BCUT2D eigenvalue weighted by Gasteiger charge is -2.47. The van der Waals surface area contributed by atoms with Gasteiger partial charge in [-0.1, -0.05) is 166 Å². The van der Waals surface area contributed by atoms with Gasteiger partial charge in [0, 0.05) is 16.7 Å². The van der Waals surface area contributed by atoms with Crippen LogP contribution in [0.1, 0.15) is 25.0 Å². The topological polar surface area (TPSA) is 15.7 Å². The first kappa shape index (κ1) is 31.9. The Balaban J connectivity index is 1.25. The van der Waals surface area contributed by atoms with Crippen LogP contribution in [0.5, 0.6) is 11.5 Å². The minimum absolute atomic E-state index is 0.299. The van der Waals surface area contributed by atoms with E-state index in [-0.39, 0.29) is 5.41 Å². The van der Waals surface area contributed by atoms with Crippen molar-refractivity contribution in [3.05, 3.63) is 205 Å². The number of ether oxygens (including phenoxy) is 1. The van der Waals surface area contributed by atoms with Crippen molar-refractivity contribution in [2.75, 3.05) is 9.80 Å². The van der Waals surface area contributed by atoms with Crippen LogP contribution in [-0.4, -0.2) is 0 Å². The van der Waals surface area contributed by atoms with Gasteiger partial charge in [-0.05, 0) is 81.4 Å². The maximum Gasteiger partial charge on any atom is 0.153 e. The number of benzene rings is 8.